The predicted molar refractivity (Wildman–Crippen MR) is 72.0 cm³/mol. The van der Waals surface area contributed by atoms with E-state index in [-0.39, 0.29) is 11.5 Å². The van der Waals surface area contributed by atoms with Gasteiger partial charge < -0.3 is 15.2 Å². The lowest BCUT2D eigenvalue weighted by Crippen LogP contribution is -2.46. The van der Waals surface area contributed by atoms with E-state index in [0.29, 0.717) is 10.8 Å². The highest BCUT2D eigenvalue weighted by atomic mass is 35.5. The van der Waals surface area contributed by atoms with Crippen molar-refractivity contribution >= 4 is 17.4 Å². The molecule has 0 radical (unpaired) electrons. The van der Waals surface area contributed by atoms with E-state index in [1.807, 2.05) is 0 Å². The molecule has 1 aromatic rings. The molecule has 21 heavy (non-hydrogen) atoms. The molecule has 1 heterocycles. The molecule has 1 aromatic carbocycles. The molecule has 0 aliphatic carbocycles. The Labute approximate surface area is 123 Å². The lowest BCUT2D eigenvalue weighted by atomic mass is 10.1. The highest BCUT2D eigenvalue weighted by Crippen LogP contribution is 2.31. The fraction of sp³-hybridized carbons (Fsp3) is 0.308. The van der Waals surface area contributed by atoms with E-state index in [4.69, 9.17) is 16.3 Å². The quantitative estimate of drug-likeness (QED) is 0.879. The first-order valence-electron chi connectivity index (χ1n) is 5.91. The number of nitrogens with one attached hydrogen (secondary N) is 1. The maximum absolute atomic E-state index is 12.7. The zero-order valence-corrected chi connectivity index (χ0v) is 11.9. The van der Waals surface area contributed by atoms with Crippen molar-refractivity contribution in [1.29, 1.82) is 0 Å². The molecule has 1 aliphatic heterocycles. The van der Waals surface area contributed by atoms with Gasteiger partial charge in [0.15, 0.2) is 5.76 Å². The topological polar surface area (TPSA) is 53.9 Å². The van der Waals surface area contributed by atoms with Crippen LogP contribution in [0.2, 0.25) is 5.02 Å². The lowest BCUT2D eigenvalue weighted by molar-refractivity contribution is -0.0652. The molecule has 1 aliphatic rings. The largest absolute Gasteiger partial charge is 0.455 e. The fourth-order valence-corrected chi connectivity index (χ4v) is 1.94. The Morgan fingerprint density at radius 2 is 1.86 bits per heavy atom. The molecule has 1 atom stereocenters. The number of ether oxygens (including phenoxy) is 1. The van der Waals surface area contributed by atoms with Gasteiger partial charge in [-0.2, -0.15) is 13.2 Å². The average molecular weight is 321 g/mol. The summed E-state index contributed by atoms with van der Waals surface area (Å²) in [6.07, 6.45) is -4.68. The molecular formula is C13H12ClF3N2O2. The van der Waals surface area contributed by atoms with E-state index in [1.165, 1.54) is 19.1 Å². The zero-order valence-electron chi connectivity index (χ0n) is 11.1. The van der Waals surface area contributed by atoms with Crippen LogP contribution in [0.5, 0.6) is 5.75 Å². The van der Waals surface area contributed by atoms with E-state index in [1.54, 1.807) is 12.1 Å². The average Bonchev–Trinajstić information content (AvgIpc) is 2.34. The summed E-state index contributed by atoms with van der Waals surface area (Å²) in [6.45, 7) is 2.48. The molecule has 0 bridgehead atoms. The van der Waals surface area contributed by atoms with Crippen molar-refractivity contribution in [3.8, 4) is 5.75 Å². The Morgan fingerprint density at radius 1 is 1.29 bits per heavy atom. The summed E-state index contributed by atoms with van der Waals surface area (Å²) >= 11 is 5.73. The standard InChI is InChI=1S/C13H12ClF3N2O2/c1-7-10(21-9-5-3-8(14)4-6-9)12(2,20)19-11(18-7)13(15,16)17/h3-6,20H,1-2H3,(H,18,19)/t12-/m1/s1. The van der Waals surface area contributed by atoms with Crippen LogP contribution in [0.15, 0.2) is 40.7 Å². The number of hydrogen-bond acceptors (Lipinski definition) is 4. The second kappa shape index (κ2) is 5.23. The SMILES string of the molecule is CC1=C(Oc2ccc(Cl)cc2)[C@@](C)(O)N=C(C(F)(F)F)N1. The van der Waals surface area contributed by atoms with E-state index in [9.17, 15) is 18.3 Å². The van der Waals surface area contributed by atoms with Crippen LogP contribution in [-0.4, -0.2) is 22.8 Å². The van der Waals surface area contributed by atoms with Crippen LogP contribution in [0.1, 0.15) is 13.8 Å². The second-order valence-corrected chi connectivity index (χ2v) is 5.05. The van der Waals surface area contributed by atoms with Gasteiger partial charge >= 0.3 is 6.18 Å². The predicted octanol–water partition coefficient (Wildman–Crippen LogP) is 3.22. The van der Waals surface area contributed by atoms with Crippen molar-refractivity contribution in [1.82, 2.24) is 5.32 Å². The minimum absolute atomic E-state index is 0.0253. The third-order valence-electron chi connectivity index (χ3n) is 2.71. The molecule has 4 nitrogen and oxygen atoms in total. The van der Waals surface area contributed by atoms with E-state index >= 15 is 0 Å². The van der Waals surface area contributed by atoms with Gasteiger partial charge in [-0.05, 0) is 38.1 Å². The monoisotopic (exact) mass is 320 g/mol. The molecule has 0 amide bonds. The summed E-state index contributed by atoms with van der Waals surface area (Å²) < 4.78 is 43.5. The number of hydrogen-bond donors (Lipinski definition) is 2. The summed E-state index contributed by atoms with van der Waals surface area (Å²) in [5.41, 5.74) is -2.10. The lowest BCUT2D eigenvalue weighted by Gasteiger charge is -2.30. The summed E-state index contributed by atoms with van der Waals surface area (Å²) in [6, 6.07) is 6.17. The van der Waals surface area contributed by atoms with Crippen molar-refractivity contribution in [2.45, 2.75) is 25.7 Å². The zero-order chi connectivity index (χ0) is 15.8. The second-order valence-electron chi connectivity index (χ2n) is 4.61. The smallest absolute Gasteiger partial charge is 0.449 e. The molecule has 8 heteroatoms. The molecule has 114 valence electrons. The minimum Gasteiger partial charge on any atom is -0.455 e. The number of halogens is 4. The number of amidine groups is 1. The number of aliphatic hydroxyl groups is 1. The van der Waals surface area contributed by atoms with Crippen LogP contribution >= 0.6 is 11.6 Å². The molecule has 0 saturated heterocycles. The molecule has 2 rings (SSSR count). The van der Waals surface area contributed by atoms with Gasteiger partial charge in [-0.25, -0.2) is 4.99 Å². The van der Waals surface area contributed by atoms with Crippen molar-refractivity contribution < 1.29 is 23.0 Å². The van der Waals surface area contributed by atoms with Gasteiger partial charge in [0.1, 0.15) is 5.75 Å². The molecule has 0 fully saturated rings. The molecular weight excluding hydrogens is 309 g/mol. The number of benzene rings is 1. The first-order valence-corrected chi connectivity index (χ1v) is 6.28. The van der Waals surface area contributed by atoms with Gasteiger partial charge in [0.05, 0.1) is 5.70 Å². The van der Waals surface area contributed by atoms with Gasteiger partial charge in [-0.1, -0.05) is 11.6 Å². The van der Waals surface area contributed by atoms with Gasteiger partial charge in [0.2, 0.25) is 11.6 Å². The minimum atomic E-state index is -4.68. The van der Waals surface area contributed by atoms with Gasteiger partial charge in [-0.3, -0.25) is 0 Å². The van der Waals surface area contributed by atoms with Gasteiger partial charge in [0.25, 0.3) is 0 Å². The maximum Gasteiger partial charge on any atom is 0.449 e. The number of alkyl halides is 3. The van der Waals surface area contributed by atoms with E-state index < -0.39 is 17.7 Å². The molecule has 0 saturated carbocycles. The molecule has 2 N–H and O–H groups in total. The van der Waals surface area contributed by atoms with Crippen LogP contribution in [-0.2, 0) is 0 Å². The van der Waals surface area contributed by atoms with Crippen molar-refractivity contribution in [3.63, 3.8) is 0 Å². The Balaban J connectivity index is 2.30. The summed E-state index contributed by atoms with van der Waals surface area (Å²) in [7, 11) is 0. The highest BCUT2D eigenvalue weighted by molar-refractivity contribution is 6.30. The number of aliphatic imine (C=N–C) groups is 1. The maximum atomic E-state index is 12.7. The summed E-state index contributed by atoms with van der Waals surface area (Å²) in [5.74, 6) is -1.06. The van der Waals surface area contributed by atoms with Crippen LogP contribution in [0.25, 0.3) is 0 Å². The number of nitrogens with zero attached hydrogens (tertiary/aromatic N) is 1. The Morgan fingerprint density at radius 3 is 2.33 bits per heavy atom. The molecule has 0 aromatic heterocycles. The van der Waals surface area contributed by atoms with Crippen molar-refractivity contribution in [3.05, 3.63) is 40.7 Å². The summed E-state index contributed by atoms with van der Waals surface area (Å²) in [5, 5.41) is 12.7. The van der Waals surface area contributed by atoms with E-state index in [0.717, 1.165) is 6.92 Å². The third-order valence-corrected chi connectivity index (χ3v) is 2.96. The Hall–Kier alpha value is -1.73. The molecule has 0 spiro atoms. The van der Waals surface area contributed by atoms with Crippen LogP contribution in [0.3, 0.4) is 0 Å². The van der Waals surface area contributed by atoms with Gasteiger partial charge in [0, 0.05) is 5.02 Å². The van der Waals surface area contributed by atoms with Gasteiger partial charge in [-0.15, -0.1) is 0 Å². The Kier molecular flexibility index (Phi) is 3.90. The number of rotatable bonds is 2. The third kappa shape index (κ3) is 3.48. The van der Waals surface area contributed by atoms with Crippen LogP contribution < -0.4 is 10.1 Å². The number of allylic oxidation sites excluding steroid dienone is 1. The van der Waals surface area contributed by atoms with Crippen molar-refractivity contribution in [2.75, 3.05) is 0 Å². The van der Waals surface area contributed by atoms with Crippen LogP contribution in [0.4, 0.5) is 13.2 Å². The first-order chi connectivity index (χ1) is 9.59. The van der Waals surface area contributed by atoms with Crippen LogP contribution in [0, 0.1) is 0 Å². The first kappa shape index (κ1) is 15.7. The fourth-order valence-electron chi connectivity index (χ4n) is 1.81. The summed E-state index contributed by atoms with van der Waals surface area (Å²) in [4.78, 5) is 3.26. The highest BCUT2D eigenvalue weighted by Gasteiger charge is 2.44. The Bertz CT molecular complexity index is 607. The van der Waals surface area contributed by atoms with Crippen molar-refractivity contribution in [2.24, 2.45) is 4.99 Å². The van der Waals surface area contributed by atoms with E-state index in [2.05, 4.69) is 10.3 Å². The molecule has 0 unspecified atom stereocenters. The normalized spacial score (nSPS) is 22.7.